The molecule has 6 heteroatoms. The van der Waals surface area contributed by atoms with Gasteiger partial charge in [0.05, 0.1) is 12.9 Å². The van der Waals surface area contributed by atoms with Crippen LogP contribution in [-0.2, 0) is 9.59 Å². The van der Waals surface area contributed by atoms with E-state index >= 15 is 0 Å². The number of thioether (sulfide) groups is 1. The van der Waals surface area contributed by atoms with Gasteiger partial charge < -0.3 is 10.1 Å². The van der Waals surface area contributed by atoms with E-state index in [0.29, 0.717) is 12.2 Å². The molecule has 1 aliphatic rings. The molecule has 0 aliphatic carbocycles. The standard InChI is InChI=1S/C23H28N2O3S/c1-3-4-5-6-10-21(26)24-18-9-7-8-17(15-18)23-25(22(27)16-29-23)19-11-13-20(28-2)14-12-19/h7-9,11-15,23H,3-6,10,16H2,1-2H3,(H,24,26)/t23-/m0/s1. The number of hydrogen-bond donors (Lipinski definition) is 1. The number of benzene rings is 2. The Morgan fingerprint density at radius 3 is 2.69 bits per heavy atom. The molecule has 0 aromatic heterocycles. The van der Waals surface area contributed by atoms with Crippen LogP contribution in [0.25, 0.3) is 0 Å². The quantitative estimate of drug-likeness (QED) is 0.562. The summed E-state index contributed by atoms with van der Waals surface area (Å²) in [6, 6.07) is 15.3. The van der Waals surface area contributed by atoms with Gasteiger partial charge in [-0.15, -0.1) is 11.8 Å². The Balaban J connectivity index is 1.71. The predicted octanol–water partition coefficient (Wildman–Crippen LogP) is 5.38. The normalized spacial score (nSPS) is 16.1. The van der Waals surface area contributed by atoms with Gasteiger partial charge in [-0.2, -0.15) is 0 Å². The number of amides is 2. The Morgan fingerprint density at radius 2 is 1.97 bits per heavy atom. The Morgan fingerprint density at radius 1 is 1.17 bits per heavy atom. The van der Waals surface area contributed by atoms with E-state index in [4.69, 9.17) is 4.74 Å². The van der Waals surface area contributed by atoms with Crippen molar-refractivity contribution < 1.29 is 14.3 Å². The van der Waals surface area contributed by atoms with E-state index in [1.165, 1.54) is 0 Å². The van der Waals surface area contributed by atoms with Crippen LogP contribution in [0.15, 0.2) is 48.5 Å². The van der Waals surface area contributed by atoms with Gasteiger partial charge in [-0.3, -0.25) is 14.5 Å². The fraction of sp³-hybridized carbons (Fsp3) is 0.391. The predicted molar refractivity (Wildman–Crippen MR) is 120 cm³/mol. The average molecular weight is 413 g/mol. The Kier molecular flexibility index (Phi) is 7.58. The van der Waals surface area contributed by atoms with E-state index < -0.39 is 0 Å². The summed E-state index contributed by atoms with van der Waals surface area (Å²) in [5.74, 6) is 1.31. The lowest BCUT2D eigenvalue weighted by Gasteiger charge is -2.25. The number of nitrogens with one attached hydrogen (secondary N) is 1. The Hall–Kier alpha value is -2.47. The number of methoxy groups -OCH3 is 1. The zero-order valence-electron chi connectivity index (χ0n) is 17.0. The van der Waals surface area contributed by atoms with Crippen molar-refractivity contribution >= 4 is 35.0 Å². The highest BCUT2D eigenvalue weighted by Gasteiger charge is 2.34. The third kappa shape index (κ3) is 5.54. The second-order valence-electron chi connectivity index (χ2n) is 7.11. The Bertz CT molecular complexity index is 838. The first-order valence-electron chi connectivity index (χ1n) is 10.1. The number of anilines is 2. The molecule has 3 rings (SSSR count). The molecule has 0 saturated carbocycles. The van der Waals surface area contributed by atoms with Gasteiger partial charge in [0, 0.05) is 17.8 Å². The first kappa shape index (κ1) is 21.2. The molecule has 0 spiro atoms. The van der Waals surface area contributed by atoms with Crippen LogP contribution in [0.4, 0.5) is 11.4 Å². The third-order valence-electron chi connectivity index (χ3n) is 4.93. The Labute approximate surface area is 176 Å². The van der Waals surface area contributed by atoms with Gasteiger partial charge in [0.15, 0.2) is 0 Å². The zero-order chi connectivity index (χ0) is 20.6. The van der Waals surface area contributed by atoms with Gasteiger partial charge in [0.25, 0.3) is 0 Å². The molecule has 1 saturated heterocycles. The maximum absolute atomic E-state index is 12.6. The van der Waals surface area contributed by atoms with Crippen molar-refractivity contribution in [3.8, 4) is 5.75 Å². The van der Waals surface area contributed by atoms with Crippen LogP contribution in [0.1, 0.15) is 50.0 Å². The van der Waals surface area contributed by atoms with Crippen LogP contribution in [0, 0.1) is 0 Å². The highest BCUT2D eigenvalue weighted by molar-refractivity contribution is 8.00. The summed E-state index contributed by atoms with van der Waals surface area (Å²) in [7, 11) is 1.62. The van der Waals surface area contributed by atoms with Crippen molar-refractivity contribution in [3.63, 3.8) is 0 Å². The molecular weight excluding hydrogens is 384 g/mol. The largest absolute Gasteiger partial charge is 0.497 e. The van der Waals surface area contributed by atoms with Gasteiger partial charge in [-0.05, 0) is 48.4 Å². The van der Waals surface area contributed by atoms with Crippen molar-refractivity contribution in [1.29, 1.82) is 0 Å². The van der Waals surface area contributed by atoms with Crippen LogP contribution < -0.4 is 15.0 Å². The first-order chi connectivity index (χ1) is 14.1. The lowest BCUT2D eigenvalue weighted by molar-refractivity contribution is -0.117. The zero-order valence-corrected chi connectivity index (χ0v) is 17.8. The van der Waals surface area contributed by atoms with Crippen molar-refractivity contribution in [3.05, 3.63) is 54.1 Å². The summed E-state index contributed by atoms with van der Waals surface area (Å²) in [4.78, 5) is 26.6. The molecule has 0 radical (unpaired) electrons. The highest BCUT2D eigenvalue weighted by Crippen LogP contribution is 2.42. The van der Waals surface area contributed by atoms with Crippen LogP contribution in [-0.4, -0.2) is 24.7 Å². The molecule has 1 atom stereocenters. The van der Waals surface area contributed by atoms with E-state index in [9.17, 15) is 9.59 Å². The molecule has 1 heterocycles. The monoisotopic (exact) mass is 412 g/mol. The first-order valence-corrected chi connectivity index (χ1v) is 11.1. The summed E-state index contributed by atoms with van der Waals surface area (Å²) in [6.45, 7) is 2.16. The van der Waals surface area contributed by atoms with Crippen molar-refractivity contribution in [2.75, 3.05) is 23.1 Å². The topological polar surface area (TPSA) is 58.6 Å². The van der Waals surface area contributed by atoms with E-state index in [2.05, 4.69) is 12.2 Å². The lowest BCUT2D eigenvalue weighted by Crippen LogP contribution is -2.27. The van der Waals surface area contributed by atoms with Crippen LogP contribution in [0.5, 0.6) is 5.75 Å². The number of rotatable bonds is 9. The molecule has 1 N–H and O–H groups in total. The molecule has 2 amide bonds. The van der Waals surface area contributed by atoms with Crippen LogP contribution in [0.2, 0.25) is 0 Å². The smallest absolute Gasteiger partial charge is 0.238 e. The van der Waals surface area contributed by atoms with Gasteiger partial charge in [0.1, 0.15) is 11.1 Å². The molecule has 1 aliphatic heterocycles. The summed E-state index contributed by atoms with van der Waals surface area (Å²) in [5, 5.41) is 2.88. The number of hydrogen-bond acceptors (Lipinski definition) is 4. The molecule has 154 valence electrons. The number of nitrogens with zero attached hydrogens (tertiary/aromatic N) is 1. The maximum Gasteiger partial charge on any atom is 0.238 e. The minimum atomic E-state index is -0.114. The van der Waals surface area contributed by atoms with Gasteiger partial charge in [0.2, 0.25) is 11.8 Å². The van der Waals surface area contributed by atoms with E-state index in [-0.39, 0.29) is 17.2 Å². The van der Waals surface area contributed by atoms with E-state index in [1.54, 1.807) is 18.9 Å². The number of carbonyl (C=O) groups excluding carboxylic acids is 2. The number of ether oxygens (including phenoxy) is 1. The molecule has 0 unspecified atom stereocenters. The molecule has 2 aromatic carbocycles. The summed E-state index contributed by atoms with van der Waals surface area (Å²) in [6.07, 6.45) is 4.86. The maximum atomic E-state index is 12.6. The van der Waals surface area contributed by atoms with Crippen molar-refractivity contribution in [2.45, 2.75) is 44.4 Å². The van der Waals surface area contributed by atoms with Gasteiger partial charge in [-0.1, -0.05) is 38.3 Å². The van der Waals surface area contributed by atoms with Crippen molar-refractivity contribution in [1.82, 2.24) is 0 Å². The van der Waals surface area contributed by atoms with E-state index in [0.717, 1.165) is 48.4 Å². The second kappa shape index (κ2) is 10.3. The fourth-order valence-corrected chi connectivity index (χ4v) is 4.57. The molecule has 1 fully saturated rings. The SMILES string of the molecule is CCCCCCC(=O)Nc1cccc([C@@H]2SCC(=O)N2c2ccc(OC)cc2)c1. The second-order valence-corrected chi connectivity index (χ2v) is 8.18. The van der Waals surface area contributed by atoms with Crippen LogP contribution >= 0.6 is 11.8 Å². The molecule has 5 nitrogen and oxygen atoms in total. The number of carbonyl (C=O) groups is 2. The minimum Gasteiger partial charge on any atom is -0.497 e. The lowest BCUT2D eigenvalue weighted by atomic mass is 10.1. The molecule has 2 aromatic rings. The average Bonchev–Trinajstić information content (AvgIpc) is 3.13. The van der Waals surface area contributed by atoms with Crippen LogP contribution in [0.3, 0.4) is 0 Å². The molecule has 29 heavy (non-hydrogen) atoms. The van der Waals surface area contributed by atoms with Gasteiger partial charge in [-0.25, -0.2) is 0 Å². The highest BCUT2D eigenvalue weighted by atomic mass is 32.2. The summed E-state index contributed by atoms with van der Waals surface area (Å²) >= 11 is 1.60. The third-order valence-corrected chi connectivity index (χ3v) is 6.14. The van der Waals surface area contributed by atoms with Crippen molar-refractivity contribution in [2.24, 2.45) is 0 Å². The number of unbranched alkanes of at least 4 members (excludes halogenated alkanes) is 3. The fourth-order valence-electron chi connectivity index (χ4n) is 3.40. The van der Waals surface area contributed by atoms with E-state index in [1.807, 2.05) is 53.4 Å². The van der Waals surface area contributed by atoms with Gasteiger partial charge >= 0.3 is 0 Å². The molecule has 0 bridgehead atoms. The molecular formula is C23H28N2O3S. The summed E-state index contributed by atoms with van der Waals surface area (Å²) in [5.41, 5.74) is 2.62. The summed E-state index contributed by atoms with van der Waals surface area (Å²) < 4.78 is 5.22. The minimum absolute atomic E-state index is 0.0421.